The SMILES string of the molecule is CC(C)(C)[Si](C)(C)OC1CC(COC2(c3ccc(Cl)cc3)c3c(F)cc(Br)cc3C(=O)N2Cc2ccc(C#N)cn2)C1.N#Cc1ccc(CN2C(=O)c3cc(Br)cc(F)c3C2(O)c2ccc(Cl)cc2)nc1.N#Cc1ccc(CN2C(=O)c3cc(Br)cc(F)c3C2(OCC2CC(O)C2)c2ccc(Cl)cc2)nc1. The Morgan fingerprint density at radius 1 is 0.519 bits per heavy atom. The molecule has 3 unspecified atom stereocenters. The van der Waals surface area contributed by atoms with Crippen LogP contribution >= 0.6 is 82.6 Å². The van der Waals surface area contributed by atoms with Crippen LogP contribution in [0.5, 0.6) is 0 Å². The second-order valence-electron chi connectivity index (χ2n) is 28.0. The average Bonchev–Trinajstić information content (AvgIpc) is 1.56. The molecule has 14 rings (SSSR count). The molecule has 542 valence electrons. The molecule has 2 N–H and O–H groups in total. The molecular formula is C79H66Br3Cl3F3N9O8Si. The van der Waals surface area contributed by atoms with Gasteiger partial charge in [-0.2, -0.15) is 15.8 Å². The molecule has 3 atom stereocenters. The largest absolute Gasteiger partial charge is 0.414 e. The summed E-state index contributed by atoms with van der Waals surface area (Å²) in [4.78, 5) is 58.1. The van der Waals surface area contributed by atoms with Gasteiger partial charge in [-0.3, -0.25) is 44.0 Å². The van der Waals surface area contributed by atoms with Crippen LogP contribution in [0.2, 0.25) is 33.2 Å². The van der Waals surface area contributed by atoms with Crippen molar-refractivity contribution in [2.45, 2.75) is 114 Å². The minimum absolute atomic E-state index is 0.0200. The van der Waals surface area contributed by atoms with Crippen molar-refractivity contribution < 1.29 is 51.7 Å². The summed E-state index contributed by atoms with van der Waals surface area (Å²) in [6, 6.07) is 44.4. The molecule has 0 radical (unpaired) electrons. The number of hydrogen-bond donors (Lipinski definition) is 2. The maximum Gasteiger partial charge on any atom is 0.257 e. The zero-order valence-corrected chi connectivity index (χ0v) is 65.6. The van der Waals surface area contributed by atoms with Crippen LogP contribution < -0.4 is 0 Å². The molecule has 27 heteroatoms. The number of aromatic nitrogens is 3. The van der Waals surface area contributed by atoms with E-state index in [1.54, 1.807) is 121 Å². The highest BCUT2D eigenvalue weighted by Crippen LogP contribution is 2.53. The molecule has 2 saturated carbocycles. The number of hydrogen-bond acceptors (Lipinski definition) is 14. The molecule has 6 heterocycles. The standard InChI is InChI=1S/C32H34BrClFN3O3Si.C26H20BrClFN3O3.C21H12BrClFN3O2/c1-31(2,3)42(4,5)41-26-12-21(13-26)19-40-32(22-7-9-24(34)10-8-22)29-27(14-23(33)15-28(29)35)30(39)38(32)18-25-11-6-20(16-36)17-37-25;27-18-9-22-24(23(29)10-18)26(17-2-4-19(28)5-3-17,35-14-16-7-21(33)8-16)32(25(22)34)13-20-6-1-15(11-30)12-31-20;22-14-7-17-19(18(24)8-14)21(29,13-2-4-15(23)5-3-13)27(20(17)28)11-16-6-1-12(9-25)10-26-16/h6-11,14-15,17,21,26H,12-13,18-19H2,1-5H3;1-6,9-10,12,16,21,33H,7-8,13-14H2;1-8,10,29H,11H2. The molecule has 3 amide bonds. The fourth-order valence-corrected chi connectivity index (χ4v) is 16.6. The summed E-state index contributed by atoms with van der Waals surface area (Å²) in [6.45, 7) is 11.7. The molecule has 0 bridgehead atoms. The Balaban J connectivity index is 0.000000152. The maximum atomic E-state index is 16.0. The number of aliphatic hydroxyl groups excluding tert-OH is 1. The molecule has 0 spiro atoms. The monoisotopic (exact) mass is 1700 g/mol. The molecule has 2 aliphatic carbocycles. The summed E-state index contributed by atoms with van der Waals surface area (Å²) in [7, 11) is -1.91. The van der Waals surface area contributed by atoms with Crippen molar-refractivity contribution in [1.29, 1.82) is 15.8 Å². The van der Waals surface area contributed by atoms with E-state index in [9.17, 15) is 34.2 Å². The Bertz CT molecular complexity index is 5010. The van der Waals surface area contributed by atoms with E-state index >= 15 is 8.78 Å². The van der Waals surface area contributed by atoms with E-state index in [1.807, 2.05) is 12.1 Å². The van der Waals surface area contributed by atoms with Gasteiger partial charge in [0.25, 0.3) is 17.7 Å². The van der Waals surface area contributed by atoms with Gasteiger partial charge < -0.3 is 24.1 Å². The molecule has 0 saturated heterocycles. The number of halogens is 9. The van der Waals surface area contributed by atoms with Crippen LogP contribution in [0.1, 0.15) is 145 Å². The van der Waals surface area contributed by atoms with Gasteiger partial charge in [-0.25, -0.2) is 13.2 Å². The lowest BCUT2D eigenvalue weighted by molar-refractivity contribution is -0.139. The van der Waals surface area contributed by atoms with E-state index in [0.29, 0.717) is 98.4 Å². The minimum Gasteiger partial charge on any atom is -0.414 e. The number of rotatable bonds is 17. The number of fused-ring (bicyclic) bond motifs is 3. The van der Waals surface area contributed by atoms with Crippen molar-refractivity contribution in [3.63, 3.8) is 0 Å². The second-order valence-corrected chi connectivity index (χ2v) is 36.8. The van der Waals surface area contributed by atoms with Gasteiger partial charge in [-0.05, 0) is 165 Å². The number of nitrogens with zero attached hydrogens (tertiary/aromatic N) is 9. The van der Waals surface area contributed by atoms with E-state index in [4.69, 9.17) is 59.2 Å². The van der Waals surface area contributed by atoms with Crippen LogP contribution in [0.4, 0.5) is 13.2 Å². The number of carbonyl (C=O) groups excluding carboxylic acids is 3. The molecule has 3 aromatic heterocycles. The zero-order chi connectivity index (χ0) is 75.9. The van der Waals surface area contributed by atoms with Crippen LogP contribution in [-0.2, 0) is 50.7 Å². The predicted molar refractivity (Wildman–Crippen MR) is 403 cm³/mol. The number of benzene rings is 6. The molecule has 6 aromatic carbocycles. The fraction of sp³-hybridized carbons (Fsp3) is 0.278. The molecule has 106 heavy (non-hydrogen) atoms. The van der Waals surface area contributed by atoms with Gasteiger partial charge in [0.05, 0.1) is 106 Å². The highest BCUT2D eigenvalue weighted by molar-refractivity contribution is 9.11. The van der Waals surface area contributed by atoms with Crippen molar-refractivity contribution in [3.8, 4) is 18.2 Å². The smallest absolute Gasteiger partial charge is 0.257 e. The van der Waals surface area contributed by atoms with E-state index < -0.39 is 54.8 Å². The lowest BCUT2D eigenvalue weighted by Crippen LogP contribution is -2.50. The molecule has 2 fully saturated rings. The van der Waals surface area contributed by atoms with Gasteiger partial charge in [0.1, 0.15) is 35.7 Å². The summed E-state index contributed by atoms with van der Waals surface area (Å²) in [5, 5.41) is 50.3. The summed E-state index contributed by atoms with van der Waals surface area (Å²) >= 11 is 28.2. The van der Waals surface area contributed by atoms with Gasteiger partial charge >= 0.3 is 0 Å². The topological polar surface area (TPSA) is 239 Å². The zero-order valence-electron chi connectivity index (χ0n) is 57.5. The molecule has 5 aliphatic rings. The number of amides is 3. The third-order valence-corrected chi connectivity index (χ3v) is 26.7. The number of ether oxygens (including phenoxy) is 2. The van der Waals surface area contributed by atoms with Gasteiger partial charge in [0.2, 0.25) is 0 Å². The Morgan fingerprint density at radius 2 is 0.849 bits per heavy atom. The van der Waals surface area contributed by atoms with Crippen LogP contribution in [0, 0.1) is 63.3 Å². The first-order valence-corrected chi connectivity index (χ1v) is 40.0. The van der Waals surface area contributed by atoms with E-state index in [-0.39, 0.29) is 94.6 Å². The molecule has 3 aliphatic heterocycles. The lowest BCUT2D eigenvalue weighted by atomic mass is 9.83. The molecule has 9 aromatic rings. The van der Waals surface area contributed by atoms with Gasteiger partial charge in [0.15, 0.2) is 25.5 Å². The van der Waals surface area contributed by atoms with E-state index in [2.05, 4.69) is 103 Å². The van der Waals surface area contributed by atoms with Crippen LogP contribution in [0.25, 0.3) is 0 Å². The lowest BCUT2D eigenvalue weighted by Gasteiger charge is -2.46. The van der Waals surface area contributed by atoms with Crippen LogP contribution in [0.3, 0.4) is 0 Å². The minimum atomic E-state index is -2.04. The Labute approximate surface area is 651 Å². The van der Waals surface area contributed by atoms with Crippen molar-refractivity contribution >= 4 is 109 Å². The predicted octanol–water partition coefficient (Wildman–Crippen LogP) is 17.7. The van der Waals surface area contributed by atoms with Crippen molar-refractivity contribution in [1.82, 2.24) is 29.7 Å². The maximum absolute atomic E-state index is 16.0. The third kappa shape index (κ3) is 15.2. The second kappa shape index (κ2) is 31.2. The van der Waals surface area contributed by atoms with Crippen LogP contribution in [0.15, 0.2) is 178 Å². The Hall–Kier alpha value is -8.23. The number of pyridine rings is 3. The van der Waals surface area contributed by atoms with E-state index in [0.717, 1.165) is 17.7 Å². The van der Waals surface area contributed by atoms with Crippen molar-refractivity contribution in [2.75, 3.05) is 13.2 Å². The Morgan fingerprint density at radius 3 is 1.19 bits per heavy atom. The summed E-state index contributed by atoms with van der Waals surface area (Å²) in [5.74, 6) is -2.89. The molecule has 17 nitrogen and oxygen atoms in total. The highest BCUT2D eigenvalue weighted by Gasteiger charge is 2.58. The number of aliphatic hydroxyl groups is 2. The molecular weight excluding hydrogens is 1630 g/mol. The summed E-state index contributed by atoms with van der Waals surface area (Å²) in [5.41, 5.74) is -0.433. The normalized spacial score (nSPS) is 21.3. The summed E-state index contributed by atoms with van der Waals surface area (Å²) < 4.78 is 67.8. The van der Waals surface area contributed by atoms with Gasteiger partial charge in [0, 0.05) is 69.9 Å². The van der Waals surface area contributed by atoms with Gasteiger partial charge in [-0.15, -0.1) is 0 Å². The highest BCUT2D eigenvalue weighted by atomic mass is 79.9. The van der Waals surface area contributed by atoms with Crippen LogP contribution in [-0.4, -0.2) is 91.3 Å². The first-order valence-electron chi connectivity index (χ1n) is 33.5. The Kier molecular flexibility index (Phi) is 22.7. The quantitative estimate of drug-likeness (QED) is 0.0806. The number of nitriles is 3. The summed E-state index contributed by atoms with van der Waals surface area (Å²) in [6.07, 6.45) is 6.89. The third-order valence-electron chi connectivity index (χ3n) is 20.0. The first-order chi connectivity index (χ1) is 50.4. The number of carbonyl (C=O) groups is 3. The van der Waals surface area contributed by atoms with Crippen molar-refractivity contribution in [2.24, 2.45) is 11.8 Å². The van der Waals surface area contributed by atoms with Crippen molar-refractivity contribution in [3.05, 3.63) is 294 Å². The van der Waals surface area contributed by atoms with Gasteiger partial charge in [-0.1, -0.05) is 140 Å². The average molecular weight is 1700 g/mol. The fourth-order valence-electron chi connectivity index (χ4n) is 13.5. The van der Waals surface area contributed by atoms with E-state index in [1.165, 1.54) is 52.7 Å². The first kappa shape index (κ1) is 77.4.